The lowest BCUT2D eigenvalue weighted by Crippen LogP contribution is -2.38. The van der Waals surface area contributed by atoms with Gasteiger partial charge in [-0.15, -0.1) is 0 Å². The van der Waals surface area contributed by atoms with Crippen LogP contribution < -0.4 is 10.1 Å². The minimum Gasteiger partial charge on any atom is -0.478 e. The van der Waals surface area contributed by atoms with Crippen LogP contribution in [-0.2, 0) is 14.3 Å². The van der Waals surface area contributed by atoms with E-state index in [1.807, 2.05) is 30.3 Å². The van der Waals surface area contributed by atoms with Crippen molar-refractivity contribution in [1.82, 2.24) is 10.1 Å². The van der Waals surface area contributed by atoms with Crippen molar-refractivity contribution in [3.05, 3.63) is 60.5 Å². The Bertz CT molecular complexity index is 1000. The molecule has 1 amide bonds. The van der Waals surface area contributed by atoms with Gasteiger partial charge in [-0.05, 0) is 19.1 Å². The number of esters is 1. The second kappa shape index (κ2) is 7.51. The number of fused-ring (bicyclic) bond motifs is 1. The third kappa shape index (κ3) is 3.71. The molecule has 1 N–H and O–H groups in total. The third-order valence-electron chi connectivity index (χ3n) is 4.19. The van der Waals surface area contributed by atoms with Crippen LogP contribution in [0.25, 0.3) is 11.4 Å². The zero-order chi connectivity index (χ0) is 19.5. The van der Waals surface area contributed by atoms with E-state index in [-0.39, 0.29) is 12.3 Å². The van der Waals surface area contributed by atoms with E-state index in [9.17, 15) is 9.59 Å². The number of benzene rings is 2. The Hall–Kier alpha value is -3.68. The first-order chi connectivity index (χ1) is 13.6. The van der Waals surface area contributed by atoms with Crippen LogP contribution in [-0.4, -0.2) is 28.1 Å². The van der Waals surface area contributed by atoms with E-state index in [0.717, 1.165) is 5.56 Å². The van der Waals surface area contributed by atoms with Crippen LogP contribution in [0, 0.1) is 0 Å². The molecular weight excluding hydrogens is 362 g/mol. The number of aromatic nitrogens is 2. The summed E-state index contributed by atoms with van der Waals surface area (Å²) in [6, 6.07) is 16.3. The summed E-state index contributed by atoms with van der Waals surface area (Å²) in [5.41, 5.74) is 1.37. The molecule has 0 bridgehead atoms. The Balaban J connectivity index is 1.38. The van der Waals surface area contributed by atoms with E-state index in [2.05, 4.69) is 15.5 Å². The number of para-hydroxylation sites is 2. The van der Waals surface area contributed by atoms with Crippen LogP contribution in [0.15, 0.2) is 59.1 Å². The minimum absolute atomic E-state index is 0.173. The molecule has 0 aliphatic carbocycles. The quantitative estimate of drug-likeness (QED) is 0.679. The fraction of sp³-hybridized carbons (Fsp3) is 0.200. The SMILES string of the molecule is C[C@H](OC(=O)C[C@@H]1Oc2ccccc2NC1=O)c1nc(-c2ccccc2)no1. The second-order valence-corrected chi connectivity index (χ2v) is 6.25. The molecular formula is C20H17N3O5. The molecule has 0 fully saturated rings. The fourth-order valence-electron chi connectivity index (χ4n) is 2.78. The van der Waals surface area contributed by atoms with Gasteiger partial charge >= 0.3 is 5.97 Å². The van der Waals surface area contributed by atoms with E-state index >= 15 is 0 Å². The molecule has 0 saturated carbocycles. The molecule has 4 rings (SSSR count). The zero-order valence-corrected chi connectivity index (χ0v) is 15.0. The summed E-state index contributed by atoms with van der Waals surface area (Å²) in [5, 5.41) is 6.61. The second-order valence-electron chi connectivity index (χ2n) is 6.25. The molecule has 2 heterocycles. The van der Waals surface area contributed by atoms with Gasteiger partial charge in [0, 0.05) is 5.56 Å². The monoisotopic (exact) mass is 379 g/mol. The Kier molecular flexibility index (Phi) is 4.76. The number of rotatable bonds is 5. The van der Waals surface area contributed by atoms with E-state index in [4.69, 9.17) is 14.0 Å². The predicted molar refractivity (Wildman–Crippen MR) is 98.3 cm³/mol. The Morgan fingerprint density at radius 2 is 1.93 bits per heavy atom. The summed E-state index contributed by atoms with van der Waals surface area (Å²) in [7, 11) is 0. The van der Waals surface area contributed by atoms with E-state index < -0.39 is 24.1 Å². The van der Waals surface area contributed by atoms with Crippen molar-refractivity contribution in [3.63, 3.8) is 0 Å². The van der Waals surface area contributed by atoms with Gasteiger partial charge in [0.2, 0.25) is 5.82 Å². The third-order valence-corrected chi connectivity index (χ3v) is 4.19. The number of hydrogen-bond donors (Lipinski definition) is 1. The first-order valence-corrected chi connectivity index (χ1v) is 8.75. The molecule has 2 atom stereocenters. The zero-order valence-electron chi connectivity index (χ0n) is 15.0. The highest BCUT2D eigenvalue weighted by Crippen LogP contribution is 2.30. The molecule has 2 aromatic carbocycles. The molecule has 0 spiro atoms. The number of hydrogen-bond acceptors (Lipinski definition) is 7. The maximum atomic E-state index is 12.3. The van der Waals surface area contributed by atoms with Gasteiger partial charge in [0.05, 0.1) is 12.1 Å². The van der Waals surface area contributed by atoms with Gasteiger partial charge in [0.1, 0.15) is 5.75 Å². The van der Waals surface area contributed by atoms with Crippen LogP contribution in [0.1, 0.15) is 25.3 Å². The van der Waals surface area contributed by atoms with Crippen molar-refractivity contribution in [1.29, 1.82) is 0 Å². The lowest BCUT2D eigenvalue weighted by molar-refractivity contribution is -0.153. The van der Waals surface area contributed by atoms with Crippen LogP contribution in [0.5, 0.6) is 5.75 Å². The van der Waals surface area contributed by atoms with Crippen LogP contribution in [0.4, 0.5) is 5.69 Å². The van der Waals surface area contributed by atoms with Gasteiger partial charge < -0.3 is 19.3 Å². The Morgan fingerprint density at radius 3 is 2.75 bits per heavy atom. The van der Waals surface area contributed by atoms with E-state index in [0.29, 0.717) is 17.3 Å². The molecule has 3 aromatic rings. The lowest BCUT2D eigenvalue weighted by Gasteiger charge is -2.25. The van der Waals surface area contributed by atoms with Crippen LogP contribution in [0.3, 0.4) is 0 Å². The van der Waals surface area contributed by atoms with E-state index in [1.54, 1.807) is 31.2 Å². The van der Waals surface area contributed by atoms with Crippen molar-refractivity contribution in [2.75, 3.05) is 5.32 Å². The topological polar surface area (TPSA) is 104 Å². The van der Waals surface area contributed by atoms with Crippen molar-refractivity contribution < 1.29 is 23.6 Å². The van der Waals surface area contributed by atoms with Gasteiger partial charge in [-0.25, -0.2) is 0 Å². The highest BCUT2D eigenvalue weighted by molar-refractivity contribution is 5.99. The van der Waals surface area contributed by atoms with Gasteiger partial charge in [-0.1, -0.05) is 47.6 Å². The molecule has 8 heteroatoms. The highest BCUT2D eigenvalue weighted by atomic mass is 16.6. The average molecular weight is 379 g/mol. The van der Waals surface area contributed by atoms with Crippen molar-refractivity contribution in [2.24, 2.45) is 0 Å². The molecule has 8 nitrogen and oxygen atoms in total. The van der Waals surface area contributed by atoms with Crippen molar-refractivity contribution >= 4 is 17.6 Å². The minimum atomic E-state index is -0.961. The van der Waals surface area contributed by atoms with Gasteiger partial charge in [0.25, 0.3) is 11.8 Å². The van der Waals surface area contributed by atoms with Gasteiger partial charge in [-0.3, -0.25) is 9.59 Å². The molecule has 1 aromatic heterocycles. The first-order valence-electron chi connectivity index (χ1n) is 8.75. The summed E-state index contributed by atoms with van der Waals surface area (Å²) >= 11 is 0. The summed E-state index contributed by atoms with van der Waals surface area (Å²) in [4.78, 5) is 28.6. The van der Waals surface area contributed by atoms with Crippen LogP contribution in [0.2, 0.25) is 0 Å². The maximum Gasteiger partial charge on any atom is 0.310 e. The van der Waals surface area contributed by atoms with Crippen LogP contribution >= 0.6 is 0 Å². The standard InChI is InChI=1S/C20H17N3O5/c1-12(20-22-18(23-28-20)13-7-3-2-4-8-13)26-17(24)11-16-19(25)21-14-9-5-6-10-15(14)27-16/h2-10,12,16H,11H2,1H3,(H,21,25)/t12-,16-/m0/s1. The summed E-state index contributed by atoms with van der Waals surface area (Å²) in [6.45, 7) is 1.62. The molecule has 28 heavy (non-hydrogen) atoms. The number of nitrogens with one attached hydrogen (secondary N) is 1. The predicted octanol–water partition coefficient (Wildman–Crippen LogP) is 3.13. The summed E-state index contributed by atoms with van der Waals surface area (Å²) < 4.78 is 16.1. The fourth-order valence-corrected chi connectivity index (χ4v) is 2.78. The number of carbonyl (C=O) groups is 2. The number of anilines is 1. The number of amides is 1. The summed E-state index contributed by atoms with van der Waals surface area (Å²) in [5.74, 6) is 0.0907. The molecule has 1 aliphatic heterocycles. The van der Waals surface area contributed by atoms with Gasteiger partial charge in [0.15, 0.2) is 12.2 Å². The molecule has 1 aliphatic rings. The smallest absolute Gasteiger partial charge is 0.310 e. The van der Waals surface area contributed by atoms with Crippen molar-refractivity contribution in [2.45, 2.75) is 25.6 Å². The number of ether oxygens (including phenoxy) is 2. The average Bonchev–Trinajstić information content (AvgIpc) is 3.20. The lowest BCUT2D eigenvalue weighted by atomic mass is 10.1. The molecule has 0 radical (unpaired) electrons. The highest BCUT2D eigenvalue weighted by Gasteiger charge is 2.31. The Labute approximate surface area is 160 Å². The normalized spacial score (nSPS) is 16.5. The van der Waals surface area contributed by atoms with Crippen molar-refractivity contribution in [3.8, 4) is 17.1 Å². The Morgan fingerprint density at radius 1 is 1.18 bits per heavy atom. The molecule has 0 unspecified atom stereocenters. The first kappa shape index (κ1) is 17.7. The molecule has 142 valence electrons. The number of nitrogens with zero attached hydrogens (tertiary/aromatic N) is 2. The maximum absolute atomic E-state index is 12.3. The number of carbonyl (C=O) groups excluding carboxylic acids is 2. The summed E-state index contributed by atoms with van der Waals surface area (Å²) in [6.07, 6.45) is -1.95. The van der Waals surface area contributed by atoms with Gasteiger partial charge in [-0.2, -0.15) is 4.98 Å². The van der Waals surface area contributed by atoms with E-state index in [1.165, 1.54) is 0 Å². The molecule has 0 saturated heterocycles. The largest absolute Gasteiger partial charge is 0.478 e.